The quantitative estimate of drug-likeness (QED) is 0.908. The maximum atomic E-state index is 13.4. The number of halogens is 1. The summed E-state index contributed by atoms with van der Waals surface area (Å²) in [5.41, 5.74) is 0.695. The van der Waals surface area contributed by atoms with Crippen LogP contribution in [0.1, 0.15) is 31.2 Å². The lowest BCUT2D eigenvalue weighted by Gasteiger charge is -2.41. The van der Waals surface area contributed by atoms with Crippen molar-refractivity contribution >= 4 is 11.8 Å². The van der Waals surface area contributed by atoms with Crippen LogP contribution < -0.4 is 5.32 Å². The first-order valence-corrected chi connectivity index (χ1v) is 8.60. The molecular formula is C18H24FN3O2. The molecule has 2 saturated heterocycles. The summed E-state index contributed by atoms with van der Waals surface area (Å²) in [6.07, 6.45) is 1.83. The Morgan fingerprint density at radius 2 is 2.21 bits per heavy atom. The van der Waals surface area contributed by atoms with Crippen molar-refractivity contribution in [3.05, 3.63) is 35.6 Å². The molecule has 2 aliphatic heterocycles. The number of amides is 2. The Morgan fingerprint density at radius 1 is 1.38 bits per heavy atom. The number of piperidine rings is 1. The molecule has 6 heteroatoms. The summed E-state index contributed by atoms with van der Waals surface area (Å²) >= 11 is 0. The van der Waals surface area contributed by atoms with E-state index in [0.29, 0.717) is 31.7 Å². The van der Waals surface area contributed by atoms with Crippen LogP contribution in [0, 0.1) is 5.82 Å². The van der Waals surface area contributed by atoms with Gasteiger partial charge in [0.25, 0.3) is 0 Å². The molecule has 2 unspecified atom stereocenters. The predicted octanol–water partition coefficient (Wildman–Crippen LogP) is 1.35. The van der Waals surface area contributed by atoms with Gasteiger partial charge in [0, 0.05) is 32.2 Å². The minimum atomic E-state index is -0.377. The van der Waals surface area contributed by atoms with E-state index in [4.69, 9.17) is 0 Å². The molecule has 1 aromatic rings. The van der Waals surface area contributed by atoms with Crippen molar-refractivity contribution in [2.24, 2.45) is 0 Å². The zero-order valence-corrected chi connectivity index (χ0v) is 14.0. The first-order valence-electron chi connectivity index (χ1n) is 8.60. The maximum Gasteiger partial charge on any atom is 0.236 e. The second-order valence-electron chi connectivity index (χ2n) is 6.62. The molecule has 24 heavy (non-hydrogen) atoms. The first kappa shape index (κ1) is 16.9. The maximum absolute atomic E-state index is 13.4. The highest BCUT2D eigenvalue weighted by Crippen LogP contribution is 2.23. The van der Waals surface area contributed by atoms with Gasteiger partial charge in [-0.3, -0.25) is 9.59 Å². The van der Waals surface area contributed by atoms with Crippen LogP contribution in [0.25, 0.3) is 0 Å². The van der Waals surface area contributed by atoms with E-state index >= 15 is 0 Å². The van der Waals surface area contributed by atoms with Gasteiger partial charge in [-0.05, 0) is 37.5 Å². The average molecular weight is 333 g/mol. The lowest BCUT2D eigenvalue weighted by Crippen LogP contribution is -2.57. The Morgan fingerprint density at radius 3 is 2.96 bits per heavy atom. The molecule has 0 aromatic heterocycles. The van der Waals surface area contributed by atoms with Gasteiger partial charge < -0.3 is 15.1 Å². The number of likely N-dealkylation sites (tertiary alicyclic amines) is 1. The number of nitrogens with one attached hydrogen (secondary N) is 1. The first-order chi connectivity index (χ1) is 11.6. The minimum Gasteiger partial charge on any atom is -0.340 e. The smallest absolute Gasteiger partial charge is 0.236 e. The van der Waals surface area contributed by atoms with Crippen molar-refractivity contribution < 1.29 is 14.0 Å². The number of nitrogens with zero attached hydrogens (tertiary/aromatic N) is 2. The Kier molecular flexibility index (Phi) is 5.14. The van der Waals surface area contributed by atoms with E-state index in [1.807, 2.05) is 16.7 Å². The van der Waals surface area contributed by atoms with Gasteiger partial charge >= 0.3 is 0 Å². The van der Waals surface area contributed by atoms with E-state index in [0.717, 1.165) is 19.4 Å². The van der Waals surface area contributed by atoms with Crippen LogP contribution in [-0.2, 0) is 9.59 Å². The molecule has 1 N–H and O–H groups in total. The van der Waals surface area contributed by atoms with E-state index in [9.17, 15) is 14.0 Å². The zero-order valence-electron chi connectivity index (χ0n) is 14.0. The summed E-state index contributed by atoms with van der Waals surface area (Å²) < 4.78 is 13.4. The van der Waals surface area contributed by atoms with Gasteiger partial charge in [-0.25, -0.2) is 4.39 Å². The van der Waals surface area contributed by atoms with Crippen molar-refractivity contribution in [2.75, 3.05) is 32.7 Å². The molecule has 1 aromatic carbocycles. The SMILES string of the molecule is CC(C(=O)N1CCCC(N2CCNCC2=O)C1)c1cccc(F)c1. The van der Waals surface area contributed by atoms with Gasteiger partial charge in [0.1, 0.15) is 5.82 Å². The Bertz CT molecular complexity index is 622. The van der Waals surface area contributed by atoms with Crippen molar-refractivity contribution in [2.45, 2.75) is 31.7 Å². The molecule has 0 spiro atoms. The topological polar surface area (TPSA) is 52.7 Å². The fourth-order valence-electron chi connectivity index (χ4n) is 3.61. The van der Waals surface area contributed by atoms with Gasteiger partial charge in [0.15, 0.2) is 0 Å². The fraction of sp³-hybridized carbons (Fsp3) is 0.556. The number of hydrogen-bond acceptors (Lipinski definition) is 3. The van der Waals surface area contributed by atoms with E-state index in [1.165, 1.54) is 12.1 Å². The summed E-state index contributed by atoms with van der Waals surface area (Å²) in [6.45, 7) is 4.97. The number of carbonyl (C=O) groups is 2. The van der Waals surface area contributed by atoms with Crippen LogP contribution in [-0.4, -0.2) is 60.4 Å². The van der Waals surface area contributed by atoms with E-state index in [-0.39, 0.29) is 29.6 Å². The van der Waals surface area contributed by atoms with Gasteiger partial charge in [-0.15, -0.1) is 0 Å². The summed E-state index contributed by atoms with van der Waals surface area (Å²) in [7, 11) is 0. The van der Waals surface area contributed by atoms with Crippen LogP contribution >= 0.6 is 0 Å². The highest BCUT2D eigenvalue weighted by Gasteiger charge is 2.33. The standard InChI is InChI=1S/C18H24FN3O2/c1-13(14-4-2-5-15(19)10-14)18(24)21-8-3-6-16(12-21)22-9-7-20-11-17(22)23/h2,4-5,10,13,16,20H,3,6-9,11-12H2,1H3. The zero-order chi connectivity index (χ0) is 17.1. The highest BCUT2D eigenvalue weighted by atomic mass is 19.1. The summed E-state index contributed by atoms with van der Waals surface area (Å²) in [6, 6.07) is 6.31. The van der Waals surface area contributed by atoms with Crippen LogP contribution in [0.3, 0.4) is 0 Å². The van der Waals surface area contributed by atoms with E-state index < -0.39 is 0 Å². The second kappa shape index (κ2) is 7.30. The van der Waals surface area contributed by atoms with Crippen molar-refractivity contribution in [1.82, 2.24) is 15.1 Å². The average Bonchev–Trinajstić information content (AvgIpc) is 2.61. The number of hydrogen-bond donors (Lipinski definition) is 1. The lowest BCUT2D eigenvalue weighted by molar-refractivity contribution is -0.141. The molecule has 5 nitrogen and oxygen atoms in total. The third-order valence-electron chi connectivity index (χ3n) is 4.99. The van der Waals surface area contributed by atoms with Crippen molar-refractivity contribution in [3.63, 3.8) is 0 Å². The largest absolute Gasteiger partial charge is 0.340 e. The molecule has 3 rings (SSSR count). The molecule has 0 bridgehead atoms. The molecule has 2 aliphatic rings. The fourth-order valence-corrected chi connectivity index (χ4v) is 3.61. The van der Waals surface area contributed by atoms with Crippen LogP contribution in [0.15, 0.2) is 24.3 Å². The molecule has 0 saturated carbocycles. The summed E-state index contributed by atoms with van der Waals surface area (Å²) in [4.78, 5) is 28.6. The molecule has 2 heterocycles. The molecule has 2 fully saturated rings. The van der Waals surface area contributed by atoms with Crippen molar-refractivity contribution in [1.29, 1.82) is 0 Å². The normalized spacial score (nSPS) is 23.2. The van der Waals surface area contributed by atoms with Gasteiger partial charge in [0.2, 0.25) is 11.8 Å². The lowest BCUT2D eigenvalue weighted by atomic mass is 9.96. The van der Waals surface area contributed by atoms with E-state index in [2.05, 4.69) is 5.32 Å². The van der Waals surface area contributed by atoms with Crippen molar-refractivity contribution in [3.8, 4) is 0 Å². The van der Waals surface area contributed by atoms with Gasteiger partial charge in [-0.1, -0.05) is 12.1 Å². The molecular weight excluding hydrogens is 309 g/mol. The molecule has 0 aliphatic carbocycles. The van der Waals surface area contributed by atoms with E-state index in [1.54, 1.807) is 12.1 Å². The molecule has 0 radical (unpaired) electrons. The van der Waals surface area contributed by atoms with Crippen LogP contribution in [0.5, 0.6) is 0 Å². The number of carbonyl (C=O) groups excluding carboxylic acids is 2. The monoisotopic (exact) mass is 333 g/mol. The summed E-state index contributed by atoms with van der Waals surface area (Å²) in [5, 5.41) is 3.08. The number of rotatable bonds is 3. The van der Waals surface area contributed by atoms with Gasteiger partial charge in [0.05, 0.1) is 12.5 Å². The molecule has 130 valence electrons. The van der Waals surface area contributed by atoms with Crippen LogP contribution in [0.4, 0.5) is 4.39 Å². The predicted molar refractivity (Wildman–Crippen MR) is 89.0 cm³/mol. The molecule has 2 amide bonds. The third-order valence-corrected chi connectivity index (χ3v) is 4.99. The van der Waals surface area contributed by atoms with Gasteiger partial charge in [-0.2, -0.15) is 0 Å². The Hall–Kier alpha value is -1.95. The number of benzene rings is 1. The second-order valence-corrected chi connectivity index (χ2v) is 6.62. The number of piperazine rings is 1. The van der Waals surface area contributed by atoms with Crippen LogP contribution in [0.2, 0.25) is 0 Å². The summed E-state index contributed by atoms with van der Waals surface area (Å²) in [5.74, 6) is -0.583. The highest BCUT2D eigenvalue weighted by molar-refractivity contribution is 5.84. The Balaban J connectivity index is 1.67. The molecule has 2 atom stereocenters. The third kappa shape index (κ3) is 3.59. The minimum absolute atomic E-state index is 0.00730. The Labute approximate surface area is 141 Å².